The van der Waals surface area contributed by atoms with Crippen molar-refractivity contribution >= 4 is 28.8 Å². The molecule has 0 spiro atoms. The summed E-state index contributed by atoms with van der Waals surface area (Å²) in [6.45, 7) is 2.01. The molecule has 1 atom stereocenters. The molecule has 0 aromatic carbocycles. The molecular weight excluding hydrogens is 392 g/mol. The molecule has 2 heterocycles. The summed E-state index contributed by atoms with van der Waals surface area (Å²) in [7, 11) is 3.00. The van der Waals surface area contributed by atoms with E-state index in [1.54, 1.807) is 7.05 Å². The highest BCUT2D eigenvalue weighted by Gasteiger charge is 2.26. The molecule has 3 rings (SSSR count). The van der Waals surface area contributed by atoms with E-state index < -0.39 is 22.5 Å². The minimum Gasteiger partial charge on any atom is -0.480 e. The predicted octanol–water partition coefficient (Wildman–Crippen LogP) is 2.81. The molecule has 8 nitrogen and oxygen atoms in total. The summed E-state index contributed by atoms with van der Waals surface area (Å²) in [4.78, 5) is 46.4. The van der Waals surface area contributed by atoms with Crippen LogP contribution < -0.4 is 11.2 Å². The van der Waals surface area contributed by atoms with Crippen molar-refractivity contribution in [3.05, 3.63) is 26.7 Å². The van der Waals surface area contributed by atoms with Crippen molar-refractivity contribution < 1.29 is 9.90 Å². The van der Waals surface area contributed by atoms with Crippen LogP contribution in [0.4, 0.5) is 0 Å². The Balaban J connectivity index is 2.20. The molecule has 0 bridgehead atoms. The van der Waals surface area contributed by atoms with Gasteiger partial charge in [-0.3, -0.25) is 18.7 Å². The largest absolute Gasteiger partial charge is 0.480 e. The van der Waals surface area contributed by atoms with Gasteiger partial charge in [0.25, 0.3) is 5.56 Å². The number of unbranched alkanes of at least 4 members (excludes halogenated alkanes) is 1. The van der Waals surface area contributed by atoms with E-state index in [0.29, 0.717) is 17.3 Å². The number of fused-ring (bicyclic) bond motifs is 1. The van der Waals surface area contributed by atoms with Gasteiger partial charge in [0.2, 0.25) is 0 Å². The highest BCUT2D eigenvalue weighted by atomic mass is 32.2. The minimum atomic E-state index is -0.920. The molecule has 0 unspecified atom stereocenters. The number of carboxylic acid groups (broad SMARTS) is 1. The Morgan fingerprint density at radius 1 is 1.17 bits per heavy atom. The third-order valence-corrected chi connectivity index (χ3v) is 6.84. The van der Waals surface area contributed by atoms with Gasteiger partial charge >= 0.3 is 11.7 Å². The fraction of sp³-hybridized carbons (Fsp3) is 0.650. The summed E-state index contributed by atoms with van der Waals surface area (Å²) in [6, 6.07) is 0. The molecule has 0 radical (unpaired) electrons. The van der Waals surface area contributed by atoms with Crippen LogP contribution in [0.1, 0.15) is 70.0 Å². The van der Waals surface area contributed by atoms with E-state index in [4.69, 9.17) is 0 Å². The maximum Gasteiger partial charge on any atom is 0.332 e. The van der Waals surface area contributed by atoms with E-state index in [9.17, 15) is 19.5 Å². The Labute approximate surface area is 173 Å². The monoisotopic (exact) mass is 420 g/mol. The number of carboxylic acids is 1. The lowest BCUT2D eigenvalue weighted by atomic mass is 9.89. The molecule has 1 fully saturated rings. The molecule has 1 aliphatic rings. The van der Waals surface area contributed by atoms with Crippen LogP contribution in [0.25, 0.3) is 11.0 Å². The molecule has 2 aromatic heterocycles. The first-order chi connectivity index (χ1) is 13.8. The number of carbonyl (C=O) groups is 1. The normalized spacial score (nSPS) is 16.2. The van der Waals surface area contributed by atoms with Gasteiger partial charge in [0, 0.05) is 20.0 Å². The number of rotatable bonds is 7. The van der Waals surface area contributed by atoms with Crippen molar-refractivity contribution in [3.8, 4) is 0 Å². The average Bonchev–Trinajstić information content (AvgIpc) is 2.73. The Kier molecular flexibility index (Phi) is 6.77. The number of aryl methyl sites for hydroxylation is 1. The molecule has 1 aliphatic carbocycles. The van der Waals surface area contributed by atoms with Crippen molar-refractivity contribution in [1.82, 2.24) is 19.1 Å². The maximum atomic E-state index is 12.9. The Hall–Kier alpha value is -2.16. The van der Waals surface area contributed by atoms with Gasteiger partial charge in [-0.05, 0) is 19.3 Å². The van der Waals surface area contributed by atoms with Gasteiger partial charge in [0.1, 0.15) is 21.5 Å². The van der Waals surface area contributed by atoms with Crippen molar-refractivity contribution in [2.24, 2.45) is 14.1 Å². The van der Waals surface area contributed by atoms with E-state index in [2.05, 4.69) is 9.97 Å². The van der Waals surface area contributed by atoms with E-state index in [1.807, 2.05) is 6.92 Å². The number of hydrogen-bond donors (Lipinski definition) is 1. The fourth-order valence-electron chi connectivity index (χ4n) is 3.83. The SMILES string of the molecule is CCCC[C@@H](Sc1nc(C2CCCCC2)nc2c1c(=O)n(C)c(=O)n2C)C(=O)O. The lowest BCUT2D eigenvalue weighted by Gasteiger charge is -2.22. The summed E-state index contributed by atoms with van der Waals surface area (Å²) in [5.41, 5.74) is -0.649. The van der Waals surface area contributed by atoms with Crippen molar-refractivity contribution in [2.45, 2.75) is 74.5 Å². The van der Waals surface area contributed by atoms with Crippen LogP contribution in [0.15, 0.2) is 14.6 Å². The van der Waals surface area contributed by atoms with Crippen LogP contribution in [-0.2, 0) is 18.9 Å². The Morgan fingerprint density at radius 3 is 2.48 bits per heavy atom. The highest BCUT2D eigenvalue weighted by molar-refractivity contribution is 8.00. The van der Waals surface area contributed by atoms with Gasteiger partial charge in [-0.1, -0.05) is 50.8 Å². The van der Waals surface area contributed by atoms with Crippen molar-refractivity contribution in [2.75, 3.05) is 0 Å². The zero-order chi connectivity index (χ0) is 21.1. The molecule has 1 saturated carbocycles. The lowest BCUT2D eigenvalue weighted by Crippen LogP contribution is -2.38. The number of thioether (sulfide) groups is 1. The maximum absolute atomic E-state index is 12.9. The summed E-state index contributed by atoms with van der Waals surface area (Å²) in [6.07, 6.45) is 7.46. The van der Waals surface area contributed by atoms with Crippen LogP contribution in [0.3, 0.4) is 0 Å². The van der Waals surface area contributed by atoms with Gasteiger partial charge < -0.3 is 5.11 Å². The number of aliphatic carboxylic acids is 1. The van der Waals surface area contributed by atoms with Gasteiger partial charge in [-0.15, -0.1) is 0 Å². The van der Waals surface area contributed by atoms with Crippen LogP contribution in [0.2, 0.25) is 0 Å². The zero-order valence-corrected chi connectivity index (χ0v) is 18.0. The van der Waals surface area contributed by atoms with Crippen LogP contribution in [0.5, 0.6) is 0 Å². The lowest BCUT2D eigenvalue weighted by molar-refractivity contribution is -0.136. The first-order valence-electron chi connectivity index (χ1n) is 10.2. The second-order valence-electron chi connectivity index (χ2n) is 7.71. The molecule has 2 aromatic rings. The first kappa shape index (κ1) is 21.5. The highest BCUT2D eigenvalue weighted by Crippen LogP contribution is 2.34. The Morgan fingerprint density at radius 2 is 1.86 bits per heavy atom. The second-order valence-corrected chi connectivity index (χ2v) is 8.90. The third kappa shape index (κ3) is 4.39. The predicted molar refractivity (Wildman–Crippen MR) is 113 cm³/mol. The van der Waals surface area contributed by atoms with Crippen LogP contribution in [0, 0.1) is 0 Å². The second kappa shape index (κ2) is 9.11. The van der Waals surface area contributed by atoms with E-state index in [-0.39, 0.29) is 17.0 Å². The van der Waals surface area contributed by atoms with Crippen molar-refractivity contribution in [3.63, 3.8) is 0 Å². The van der Waals surface area contributed by atoms with Crippen LogP contribution in [-0.4, -0.2) is 35.4 Å². The molecule has 1 N–H and O–H groups in total. The van der Waals surface area contributed by atoms with E-state index in [1.165, 1.54) is 18.0 Å². The summed E-state index contributed by atoms with van der Waals surface area (Å²) in [5.74, 6) is -0.135. The smallest absolute Gasteiger partial charge is 0.332 e. The number of aromatic nitrogens is 4. The standard InChI is InChI=1S/C20H28N4O4S/c1-4-5-11-13(19(26)27)29-17-14-16(23(2)20(28)24(3)18(14)25)21-15(22-17)12-9-7-6-8-10-12/h12-13H,4-11H2,1-3H3,(H,26,27)/t13-/m1/s1. The average molecular weight is 421 g/mol. The molecule has 29 heavy (non-hydrogen) atoms. The molecule has 0 amide bonds. The van der Waals surface area contributed by atoms with E-state index in [0.717, 1.165) is 54.9 Å². The van der Waals surface area contributed by atoms with E-state index >= 15 is 0 Å². The number of nitrogens with zero attached hydrogens (tertiary/aromatic N) is 4. The van der Waals surface area contributed by atoms with Gasteiger partial charge in [0.05, 0.1) is 0 Å². The van der Waals surface area contributed by atoms with Gasteiger partial charge in [-0.2, -0.15) is 0 Å². The summed E-state index contributed by atoms with van der Waals surface area (Å²) < 4.78 is 2.38. The Bertz CT molecular complexity index is 1020. The molecule has 158 valence electrons. The fourth-order valence-corrected chi connectivity index (χ4v) is 4.93. The first-order valence-corrected chi connectivity index (χ1v) is 11.1. The third-order valence-electron chi connectivity index (χ3n) is 5.60. The van der Waals surface area contributed by atoms with Gasteiger partial charge in [-0.25, -0.2) is 14.8 Å². The topological polar surface area (TPSA) is 107 Å². The molecule has 9 heteroatoms. The molecule has 0 aliphatic heterocycles. The molecular formula is C20H28N4O4S. The number of hydrogen-bond acceptors (Lipinski definition) is 6. The summed E-state index contributed by atoms with van der Waals surface area (Å²) >= 11 is 1.10. The van der Waals surface area contributed by atoms with Gasteiger partial charge in [0.15, 0.2) is 5.65 Å². The van der Waals surface area contributed by atoms with Crippen LogP contribution >= 0.6 is 11.8 Å². The quantitative estimate of drug-likeness (QED) is 0.542. The van der Waals surface area contributed by atoms with Crippen molar-refractivity contribution in [1.29, 1.82) is 0 Å². The molecule has 0 saturated heterocycles. The summed E-state index contributed by atoms with van der Waals surface area (Å²) in [5, 5.41) is 9.57. The minimum absolute atomic E-state index is 0.172. The zero-order valence-electron chi connectivity index (χ0n) is 17.2.